The van der Waals surface area contributed by atoms with Gasteiger partial charge in [-0.25, -0.2) is 13.2 Å². The monoisotopic (exact) mass is 373 g/mol. The molecular weight excluding hydrogens is 359 g/mol. The van der Waals surface area contributed by atoms with Crippen molar-refractivity contribution in [2.24, 2.45) is 7.05 Å². The largest absolute Gasteiger partial charge is 0.485 e. The number of benzene rings is 2. The van der Waals surface area contributed by atoms with Crippen LogP contribution < -0.4 is 10.1 Å². The van der Waals surface area contributed by atoms with Gasteiger partial charge in [0.05, 0.1) is 5.69 Å². The lowest BCUT2D eigenvalue weighted by atomic mass is 10.0. The first kappa shape index (κ1) is 17.1. The van der Waals surface area contributed by atoms with Gasteiger partial charge in [0.2, 0.25) is 0 Å². The highest BCUT2D eigenvalue weighted by Gasteiger charge is 2.30. The van der Waals surface area contributed by atoms with Crippen LogP contribution in [0.25, 0.3) is 11.3 Å². The number of nitrogens with one attached hydrogen (secondary N) is 1. The molecule has 138 valence electrons. The van der Waals surface area contributed by atoms with E-state index in [9.17, 15) is 18.0 Å². The first-order valence-corrected chi connectivity index (χ1v) is 8.15. The van der Waals surface area contributed by atoms with Gasteiger partial charge in [0.25, 0.3) is 5.91 Å². The third-order valence-electron chi connectivity index (χ3n) is 4.38. The van der Waals surface area contributed by atoms with E-state index in [0.29, 0.717) is 16.8 Å². The quantitative estimate of drug-likeness (QED) is 0.766. The lowest BCUT2D eigenvalue weighted by Crippen LogP contribution is -2.25. The fourth-order valence-corrected chi connectivity index (χ4v) is 3.15. The molecule has 3 aromatic rings. The first-order valence-electron chi connectivity index (χ1n) is 8.15. The van der Waals surface area contributed by atoms with Crippen LogP contribution in [0.3, 0.4) is 0 Å². The summed E-state index contributed by atoms with van der Waals surface area (Å²) in [7, 11) is 1.57. The molecule has 0 bridgehead atoms. The molecule has 0 atom stereocenters. The molecule has 0 saturated heterocycles. The minimum atomic E-state index is -0.817. The van der Waals surface area contributed by atoms with E-state index < -0.39 is 23.4 Å². The molecule has 1 aliphatic rings. The number of carbonyl (C=O) groups excluding carboxylic acids is 1. The van der Waals surface area contributed by atoms with E-state index in [1.165, 1.54) is 10.7 Å². The Morgan fingerprint density at radius 1 is 1.22 bits per heavy atom. The fraction of sp³-hybridized carbons (Fsp3) is 0.158. The van der Waals surface area contributed by atoms with Gasteiger partial charge in [0.1, 0.15) is 18.2 Å². The van der Waals surface area contributed by atoms with Crippen LogP contribution in [0.15, 0.2) is 36.4 Å². The van der Waals surface area contributed by atoms with Crippen LogP contribution >= 0.6 is 0 Å². The zero-order chi connectivity index (χ0) is 19.1. The number of aromatic nitrogens is 2. The van der Waals surface area contributed by atoms with Crippen LogP contribution in [0, 0.1) is 17.5 Å². The van der Waals surface area contributed by atoms with Gasteiger partial charge in [-0.3, -0.25) is 9.48 Å². The predicted molar refractivity (Wildman–Crippen MR) is 90.5 cm³/mol. The summed E-state index contributed by atoms with van der Waals surface area (Å²) in [5.74, 6) is -2.61. The Balaban J connectivity index is 1.67. The van der Waals surface area contributed by atoms with Crippen molar-refractivity contribution < 1.29 is 22.7 Å². The number of aryl methyl sites for hydroxylation is 1. The van der Waals surface area contributed by atoms with Crippen molar-refractivity contribution in [3.05, 3.63) is 70.7 Å². The van der Waals surface area contributed by atoms with Crippen LogP contribution in [0.4, 0.5) is 13.2 Å². The summed E-state index contributed by atoms with van der Waals surface area (Å²) in [6.45, 7) is -0.0985. The van der Waals surface area contributed by atoms with Gasteiger partial charge in [0.15, 0.2) is 17.3 Å². The van der Waals surface area contributed by atoms with Crippen LogP contribution in [0.2, 0.25) is 0 Å². The molecule has 1 aliphatic heterocycles. The molecule has 2 aromatic carbocycles. The number of halogens is 3. The van der Waals surface area contributed by atoms with Crippen molar-refractivity contribution in [3.8, 4) is 17.0 Å². The Bertz CT molecular complexity index is 1060. The fourth-order valence-electron chi connectivity index (χ4n) is 3.15. The smallest absolute Gasteiger partial charge is 0.272 e. The van der Waals surface area contributed by atoms with E-state index in [-0.39, 0.29) is 30.2 Å². The van der Waals surface area contributed by atoms with Gasteiger partial charge in [-0.2, -0.15) is 5.10 Å². The number of hydrogen-bond donors (Lipinski definition) is 1. The zero-order valence-corrected chi connectivity index (χ0v) is 14.2. The maximum absolute atomic E-state index is 14.0. The maximum atomic E-state index is 14.0. The molecule has 0 aliphatic carbocycles. The minimum absolute atomic E-state index is 0.0163. The summed E-state index contributed by atoms with van der Waals surface area (Å²) < 4.78 is 48.1. The second kappa shape index (κ2) is 6.46. The molecule has 0 radical (unpaired) electrons. The number of rotatable bonds is 3. The normalized spacial score (nSPS) is 12.1. The van der Waals surface area contributed by atoms with Gasteiger partial charge in [-0.15, -0.1) is 0 Å². The Hall–Kier alpha value is -3.29. The minimum Gasteiger partial charge on any atom is -0.485 e. The average Bonchev–Trinajstić information content (AvgIpc) is 2.98. The number of ether oxygens (including phenoxy) is 1. The van der Waals surface area contributed by atoms with Crippen molar-refractivity contribution in [2.75, 3.05) is 0 Å². The molecule has 1 aromatic heterocycles. The third-order valence-corrected chi connectivity index (χ3v) is 4.38. The average molecular weight is 373 g/mol. The highest BCUT2D eigenvalue weighted by molar-refractivity contribution is 5.96. The molecule has 8 heteroatoms. The molecule has 5 nitrogen and oxygen atoms in total. The van der Waals surface area contributed by atoms with Crippen molar-refractivity contribution >= 4 is 5.91 Å². The predicted octanol–water partition coefficient (Wildman–Crippen LogP) is 3.33. The number of carbonyl (C=O) groups is 1. The maximum Gasteiger partial charge on any atom is 0.272 e. The molecule has 27 heavy (non-hydrogen) atoms. The summed E-state index contributed by atoms with van der Waals surface area (Å²) in [4.78, 5) is 12.5. The standard InChI is InChI=1S/C19H14F3N3O2/c1-25-17-12-6-11(20)7-15(22)18(12)27-9-13(17)16(24-25)19(26)23-8-10-4-2-3-5-14(10)21/h2-7H,8-9H2,1H3,(H,23,26). The molecule has 0 unspecified atom stereocenters. The summed E-state index contributed by atoms with van der Waals surface area (Å²) in [5, 5.41) is 6.78. The van der Waals surface area contributed by atoms with Gasteiger partial charge >= 0.3 is 0 Å². The van der Waals surface area contributed by atoms with Gasteiger partial charge in [-0.05, 0) is 12.1 Å². The second-order valence-corrected chi connectivity index (χ2v) is 6.13. The van der Waals surface area contributed by atoms with E-state index in [1.54, 1.807) is 25.2 Å². The zero-order valence-electron chi connectivity index (χ0n) is 14.2. The lowest BCUT2D eigenvalue weighted by Gasteiger charge is -2.19. The molecule has 0 fully saturated rings. The Kier molecular flexibility index (Phi) is 4.10. The number of hydrogen-bond acceptors (Lipinski definition) is 3. The van der Waals surface area contributed by atoms with Crippen molar-refractivity contribution in [2.45, 2.75) is 13.2 Å². The van der Waals surface area contributed by atoms with E-state index >= 15 is 0 Å². The molecule has 2 heterocycles. The molecule has 0 saturated carbocycles. The number of nitrogens with zero attached hydrogens (tertiary/aromatic N) is 2. The molecule has 1 amide bonds. The lowest BCUT2D eigenvalue weighted by molar-refractivity contribution is 0.0942. The number of fused-ring (bicyclic) bond motifs is 3. The van der Waals surface area contributed by atoms with Crippen molar-refractivity contribution in [1.29, 1.82) is 0 Å². The van der Waals surface area contributed by atoms with Gasteiger partial charge in [0, 0.05) is 36.3 Å². The first-order chi connectivity index (χ1) is 13.0. The Morgan fingerprint density at radius 2 is 2.00 bits per heavy atom. The highest BCUT2D eigenvalue weighted by atomic mass is 19.1. The van der Waals surface area contributed by atoms with Crippen molar-refractivity contribution in [3.63, 3.8) is 0 Å². The van der Waals surface area contributed by atoms with Gasteiger partial charge in [-0.1, -0.05) is 18.2 Å². The molecular formula is C19H14F3N3O2. The molecule has 4 rings (SSSR count). The van der Waals surface area contributed by atoms with Crippen LogP contribution in [-0.2, 0) is 20.2 Å². The van der Waals surface area contributed by atoms with E-state index in [1.807, 2.05) is 0 Å². The summed E-state index contributed by atoms with van der Waals surface area (Å²) >= 11 is 0. The Morgan fingerprint density at radius 3 is 2.78 bits per heavy atom. The molecule has 0 spiro atoms. The number of amides is 1. The second-order valence-electron chi connectivity index (χ2n) is 6.13. The Labute approximate surface area is 152 Å². The van der Waals surface area contributed by atoms with E-state index in [0.717, 1.165) is 12.1 Å². The topological polar surface area (TPSA) is 56.2 Å². The SMILES string of the molecule is Cn1nc(C(=O)NCc2ccccc2F)c2c1-c1cc(F)cc(F)c1OC2. The summed E-state index contributed by atoms with van der Waals surface area (Å²) in [6, 6.07) is 7.97. The van der Waals surface area contributed by atoms with Crippen LogP contribution in [-0.4, -0.2) is 15.7 Å². The van der Waals surface area contributed by atoms with E-state index in [4.69, 9.17) is 4.74 Å². The third kappa shape index (κ3) is 2.92. The molecule has 1 N–H and O–H groups in total. The summed E-state index contributed by atoms with van der Waals surface area (Å²) in [6.07, 6.45) is 0. The highest BCUT2D eigenvalue weighted by Crippen LogP contribution is 2.40. The van der Waals surface area contributed by atoms with Crippen molar-refractivity contribution in [1.82, 2.24) is 15.1 Å². The van der Waals surface area contributed by atoms with Crippen LogP contribution in [0.5, 0.6) is 5.75 Å². The van der Waals surface area contributed by atoms with E-state index in [2.05, 4.69) is 10.4 Å². The summed E-state index contributed by atoms with van der Waals surface area (Å²) in [5.41, 5.74) is 1.42. The van der Waals surface area contributed by atoms with Crippen LogP contribution in [0.1, 0.15) is 21.6 Å². The van der Waals surface area contributed by atoms with Gasteiger partial charge < -0.3 is 10.1 Å².